The summed E-state index contributed by atoms with van der Waals surface area (Å²) >= 11 is 6.42. The molecule has 0 spiro atoms. The minimum atomic E-state index is -0.822. The Labute approximate surface area is 179 Å². The Morgan fingerprint density at radius 1 is 1.21 bits per heavy atom. The summed E-state index contributed by atoms with van der Waals surface area (Å²) in [5.74, 6) is 1.13. The molecule has 166 valence electrons. The molecule has 29 heavy (non-hydrogen) atoms. The van der Waals surface area contributed by atoms with Crippen LogP contribution < -0.4 is 14.8 Å². The number of rotatable bonds is 11. The maximum atomic E-state index is 12.1. The fourth-order valence-electron chi connectivity index (χ4n) is 2.74. The highest BCUT2D eigenvalue weighted by Crippen LogP contribution is 2.37. The number of unbranched alkanes of at least 4 members (excludes halogenated alkanes) is 2. The van der Waals surface area contributed by atoms with E-state index in [4.69, 9.17) is 25.8 Å². The zero-order valence-corrected chi connectivity index (χ0v) is 19.3. The summed E-state index contributed by atoms with van der Waals surface area (Å²) < 4.78 is 16.6. The van der Waals surface area contributed by atoms with Gasteiger partial charge >= 0.3 is 6.09 Å². The lowest BCUT2D eigenvalue weighted by atomic mass is 9.94. The van der Waals surface area contributed by atoms with E-state index in [0.717, 1.165) is 24.8 Å². The second-order valence-electron chi connectivity index (χ2n) is 8.51. The number of aryl methyl sites for hydroxylation is 1. The fraction of sp³-hybridized carbons (Fsp3) is 0.682. The van der Waals surface area contributed by atoms with E-state index in [1.807, 2.05) is 12.1 Å². The average molecular weight is 430 g/mol. The Balaban J connectivity index is 2.80. The van der Waals surface area contributed by atoms with Crippen LogP contribution in [0.1, 0.15) is 65.9 Å². The van der Waals surface area contributed by atoms with Gasteiger partial charge in [0, 0.05) is 0 Å². The van der Waals surface area contributed by atoms with E-state index in [2.05, 4.69) is 12.2 Å². The Kier molecular flexibility index (Phi) is 10.1. The minimum Gasteiger partial charge on any atom is -0.493 e. The zero-order valence-electron chi connectivity index (χ0n) is 18.6. The lowest BCUT2D eigenvalue weighted by Crippen LogP contribution is -2.50. The van der Waals surface area contributed by atoms with E-state index in [1.54, 1.807) is 34.8 Å². The SMILES string of the molecule is CCCCCOc1c(Cl)cc(CCC(C)(CO)NC(=O)OC(C)(C)C)cc1OC. The number of alkyl carbamates (subject to hydrolysis) is 1. The van der Waals surface area contributed by atoms with Crippen LogP contribution in [-0.2, 0) is 11.2 Å². The number of hydrogen-bond acceptors (Lipinski definition) is 5. The molecule has 1 rings (SSSR count). The van der Waals surface area contributed by atoms with Gasteiger partial charge in [0.1, 0.15) is 5.60 Å². The number of methoxy groups -OCH3 is 1. The molecule has 6 nitrogen and oxygen atoms in total. The molecule has 1 aromatic rings. The van der Waals surface area contributed by atoms with Crippen LogP contribution >= 0.6 is 11.6 Å². The van der Waals surface area contributed by atoms with Crippen molar-refractivity contribution in [3.8, 4) is 11.5 Å². The van der Waals surface area contributed by atoms with Gasteiger partial charge in [-0.1, -0.05) is 31.4 Å². The predicted octanol–water partition coefficient (Wildman–Crippen LogP) is 5.13. The van der Waals surface area contributed by atoms with Crippen molar-refractivity contribution in [2.24, 2.45) is 0 Å². The standard InChI is InChI=1S/C22H36ClNO5/c1-7-8-9-12-28-19-17(23)13-16(14-18(19)27-6)10-11-22(5,15-25)24-20(26)29-21(2,3)4/h13-14,25H,7-12,15H2,1-6H3,(H,24,26). The van der Waals surface area contributed by atoms with E-state index in [9.17, 15) is 9.90 Å². The molecule has 0 aromatic heterocycles. The number of nitrogens with one attached hydrogen (secondary N) is 1. The number of carbonyl (C=O) groups excluding carboxylic acids is 1. The smallest absolute Gasteiger partial charge is 0.408 e. The Bertz CT molecular complexity index is 659. The van der Waals surface area contributed by atoms with Crippen molar-refractivity contribution in [2.75, 3.05) is 20.3 Å². The van der Waals surface area contributed by atoms with Gasteiger partial charge in [-0.05, 0) is 64.7 Å². The van der Waals surface area contributed by atoms with Gasteiger partial charge in [-0.15, -0.1) is 0 Å². The molecule has 0 aliphatic rings. The van der Waals surface area contributed by atoms with Gasteiger partial charge in [-0.25, -0.2) is 4.79 Å². The van der Waals surface area contributed by atoms with E-state index < -0.39 is 17.2 Å². The monoisotopic (exact) mass is 429 g/mol. The van der Waals surface area contributed by atoms with E-state index in [1.165, 1.54) is 0 Å². The van der Waals surface area contributed by atoms with Crippen molar-refractivity contribution < 1.29 is 24.1 Å². The molecule has 1 unspecified atom stereocenters. The second kappa shape index (κ2) is 11.5. The van der Waals surface area contributed by atoms with E-state index in [-0.39, 0.29) is 6.61 Å². The first-order chi connectivity index (χ1) is 13.5. The van der Waals surface area contributed by atoms with Crippen molar-refractivity contribution in [3.05, 3.63) is 22.7 Å². The molecular weight excluding hydrogens is 394 g/mol. The number of carbonyl (C=O) groups is 1. The summed E-state index contributed by atoms with van der Waals surface area (Å²) in [6.07, 6.45) is 3.71. The van der Waals surface area contributed by atoms with Crippen LogP contribution in [0.25, 0.3) is 0 Å². The first-order valence-electron chi connectivity index (χ1n) is 10.1. The molecule has 0 aliphatic carbocycles. The largest absolute Gasteiger partial charge is 0.493 e. The molecule has 1 atom stereocenters. The summed E-state index contributed by atoms with van der Waals surface area (Å²) in [6, 6.07) is 3.72. The molecule has 0 saturated heterocycles. The van der Waals surface area contributed by atoms with Crippen LogP contribution in [0.5, 0.6) is 11.5 Å². The van der Waals surface area contributed by atoms with Gasteiger partial charge in [0.05, 0.1) is 30.9 Å². The number of aliphatic hydroxyl groups excluding tert-OH is 1. The van der Waals surface area contributed by atoms with Gasteiger partial charge in [0.2, 0.25) is 0 Å². The Hall–Kier alpha value is -1.66. The molecule has 1 amide bonds. The Morgan fingerprint density at radius 3 is 2.45 bits per heavy atom. The lowest BCUT2D eigenvalue weighted by Gasteiger charge is -2.30. The summed E-state index contributed by atoms with van der Waals surface area (Å²) in [6.45, 7) is 9.68. The summed E-state index contributed by atoms with van der Waals surface area (Å²) in [4.78, 5) is 12.1. The van der Waals surface area contributed by atoms with E-state index >= 15 is 0 Å². The summed E-state index contributed by atoms with van der Waals surface area (Å²) in [7, 11) is 1.58. The molecule has 0 heterocycles. The van der Waals surface area contributed by atoms with Crippen LogP contribution in [0.2, 0.25) is 5.02 Å². The molecule has 2 N–H and O–H groups in total. The quantitative estimate of drug-likeness (QED) is 0.477. The highest BCUT2D eigenvalue weighted by atomic mass is 35.5. The topological polar surface area (TPSA) is 77.0 Å². The van der Waals surface area contributed by atoms with Gasteiger partial charge < -0.3 is 24.6 Å². The molecule has 0 fully saturated rings. The van der Waals surface area contributed by atoms with Crippen molar-refractivity contribution in [2.45, 2.75) is 77.9 Å². The molecule has 7 heteroatoms. The number of halogens is 1. The molecular formula is C22H36ClNO5. The van der Waals surface area contributed by atoms with Gasteiger partial charge in [-0.2, -0.15) is 0 Å². The average Bonchev–Trinajstić information content (AvgIpc) is 2.62. The van der Waals surface area contributed by atoms with Crippen molar-refractivity contribution >= 4 is 17.7 Å². The first-order valence-corrected chi connectivity index (χ1v) is 10.5. The predicted molar refractivity (Wildman–Crippen MR) is 116 cm³/mol. The van der Waals surface area contributed by atoms with Crippen LogP contribution in [0, 0.1) is 0 Å². The molecule has 0 radical (unpaired) electrons. The Morgan fingerprint density at radius 2 is 1.90 bits per heavy atom. The fourth-order valence-corrected chi connectivity index (χ4v) is 3.02. The molecule has 1 aromatic carbocycles. The van der Waals surface area contributed by atoms with Crippen LogP contribution in [-0.4, -0.2) is 42.7 Å². The van der Waals surface area contributed by atoms with E-state index in [0.29, 0.717) is 36.0 Å². The molecule has 0 bridgehead atoms. The number of benzene rings is 1. The van der Waals surface area contributed by atoms with Crippen molar-refractivity contribution in [3.63, 3.8) is 0 Å². The third-order valence-corrected chi connectivity index (χ3v) is 4.68. The number of hydrogen-bond donors (Lipinski definition) is 2. The second-order valence-corrected chi connectivity index (χ2v) is 8.92. The van der Waals surface area contributed by atoms with Crippen molar-refractivity contribution in [1.29, 1.82) is 0 Å². The zero-order chi connectivity index (χ0) is 22.1. The normalized spacial score (nSPS) is 13.5. The summed E-state index contributed by atoms with van der Waals surface area (Å²) in [5, 5.41) is 13.1. The number of amides is 1. The van der Waals surface area contributed by atoms with Crippen molar-refractivity contribution in [1.82, 2.24) is 5.32 Å². The highest BCUT2D eigenvalue weighted by molar-refractivity contribution is 6.32. The van der Waals surface area contributed by atoms with Gasteiger partial charge in [-0.3, -0.25) is 0 Å². The third kappa shape index (κ3) is 9.13. The van der Waals surface area contributed by atoms with Crippen LogP contribution in [0.15, 0.2) is 12.1 Å². The number of aliphatic hydroxyl groups is 1. The van der Waals surface area contributed by atoms with Crippen LogP contribution in [0.3, 0.4) is 0 Å². The maximum Gasteiger partial charge on any atom is 0.408 e. The molecule has 0 saturated carbocycles. The van der Waals surface area contributed by atoms with Crippen LogP contribution in [0.4, 0.5) is 4.79 Å². The lowest BCUT2D eigenvalue weighted by molar-refractivity contribution is 0.0407. The maximum absolute atomic E-state index is 12.1. The van der Waals surface area contributed by atoms with Gasteiger partial charge in [0.15, 0.2) is 11.5 Å². The van der Waals surface area contributed by atoms with Gasteiger partial charge in [0.25, 0.3) is 0 Å². The highest BCUT2D eigenvalue weighted by Gasteiger charge is 2.28. The summed E-state index contributed by atoms with van der Waals surface area (Å²) in [5.41, 5.74) is -0.496. The third-order valence-electron chi connectivity index (χ3n) is 4.40. The first kappa shape index (κ1) is 25.4. The number of ether oxygens (including phenoxy) is 3. The molecule has 0 aliphatic heterocycles. The minimum absolute atomic E-state index is 0.213.